The molecule has 0 aliphatic carbocycles. The van der Waals surface area contributed by atoms with Crippen LogP contribution in [-0.4, -0.2) is 16.6 Å². The summed E-state index contributed by atoms with van der Waals surface area (Å²) in [5.74, 6) is 0.734. The summed E-state index contributed by atoms with van der Waals surface area (Å²) >= 11 is 6.13. The van der Waals surface area contributed by atoms with E-state index in [-0.39, 0.29) is 5.60 Å². The summed E-state index contributed by atoms with van der Waals surface area (Å²) in [5, 5.41) is 0.554. The van der Waals surface area contributed by atoms with Gasteiger partial charge in [0.1, 0.15) is 10.8 Å². The number of hydrogen-bond acceptors (Lipinski definition) is 3. The zero-order valence-electron chi connectivity index (χ0n) is 10.0. The quantitative estimate of drug-likeness (QED) is 0.746. The summed E-state index contributed by atoms with van der Waals surface area (Å²) in [4.78, 5) is 8.95. The molecule has 0 amide bonds. The minimum absolute atomic E-state index is 0.346. The first-order chi connectivity index (χ1) is 7.57. The van der Waals surface area contributed by atoms with Gasteiger partial charge in [-0.25, -0.2) is 9.97 Å². The number of ether oxygens (including phenoxy) is 1. The molecule has 3 nitrogen and oxygen atoms in total. The Morgan fingerprint density at radius 1 is 1.44 bits per heavy atom. The molecule has 0 spiro atoms. The van der Waals surface area contributed by atoms with E-state index >= 15 is 0 Å². The summed E-state index contributed by atoms with van der Waals surface area (Å²) in [6.07, 6.45) is 2.90. The maximum atomic E-state index is 6.13. The molecule has 2 heterocycles. The lowest BCUT2D eigenvalue weighted by Crippen LogP contribution is -2.24. The first-order valence-corrected chi connectivity index (χ1v) is 6.12. The fraction of sp³-hybridized carbons (Fsp3) is 0.667. The first-order valence-electron chi connectivity index (χ1n) is 5.74. The van der Waals surface area contributed by atoms with Crippen LogP contribution in [0.2, 0.25) is 5.15 Å². The highest BCUT2D eigenvalue weighted by Gasteiger charge is 2.35. The summed E-state index contributed by atoms with van der Waals surface area (Å²) in [5.41, 5.74) is 1.66. The van der Waals surface area contributed by atoms with Gasteiger partial charge in [-0.1, -0.05) is 18.5 Å². The molecule has 2 rings (SSSR count). The Morgan fingerprint density at radius 3 is 2.75 bits per heavy atom. The molecule has 1 fully saturated rings. The third-order valence-corrected chi connectivity index (χ3v) is 3.58. The van der Waals surface area contributed by atoms with Gasteiger partial charge in [0.15, 0.2) is 5.82 Å². The van der Waals surface area contributed by atoms with Gasteiger partial charge in [0.25, 0.3) is 0 Å². The predicted octanol–water partition coefficient (Wildman–Crippen LogP) is 3.03. The van der Waals surface area contributed by atoms with Crippen molar-refractivity contribution in [3.05, 3.63) is 22.2 Å². The van der Waals surface area contributed by atoms with Crippen molar-refractivity contribution in [2.45, 2.75) is 45.6 Å². The molecule has 1 aliphatic rings. The van der Waals surface area contributed by atoms with E-state index in [9.17, 15) is 0 Å². The molecule has 0 radical (unpaired) electrons. The van der Waals surface area contributed by atoms with Crippen molar-refractivity contribution >= 4 is 11.6 Å². The van der Waals surface area contributed by atoms with Gasteiger partial charge in [0.2, 0.25) is 0 Å². The highest BCUT2D eigenvalue weighted by Crippen LogP contribution is 2.34. The van der Waals surface area contributed by atoms with E-state index in [4.69, 9.17) is 16.3 Å². The molecule has 4 heteroatoms. The van der Waals surface area contributed by atoms with Gasteiger partial charge >= 0.3 is 0 Å². The van der Waals surface area contributed by atoms with Crippen molar-refractivity contribution in [3.63, 3.8) is 0 Å². The molecule has 0 aromatic carbocycles. The second-order valence-electron chi connectivity index (χ2n) is 4.45. The van der Waals surface area contributed by atoms with Gasteiger partial charge in [-0.05, 0) is 33.1 Å². The van der Waals surface area contributed by atoms with Crippen LogP contribution >= 0.6 is 11.6 Å². The molecule has 1 aliphatic heterocycles. The van der Waals surface area contributed by atoms with Crippen LogP contribution in [0.5, 0.6) is 0 Å². The second-order valence-corrected chi connectivity index (χ2v) is 4.80. The fourth-order valence-corrected chi connectivity index (χ4v) is 2.26. The lowest BCUT2D eigenvalue weighted by molar-refractivity contribution is 0.00914. The molecule has 1 atom stereocenters. The Hall–Kier alpha value is -0.670. The zero-order valence-corrected chi connectivity index (χ0v) is 10.8. The summed E-state index contributed by atoms with van der Waals surface area (Å²) < 4.78 is 5.74. The van der Waals surface area contributed by atoms with E-state index in [0.717, 1.165) is 43.0 Å². The van der Waals surface area contributed by atoms with Crippen LogP contribution in [0, 0.1) is 6.92 Å². The van der Waals surface area contributed by atoms with Crippen LogP contribution in [0.4, 0.5) is 0 Å². The number of rotatable bonds is 2. The van der Waals surface area contributed by atoms with E-state index in [1.165, 1.54) is 0 Å². The molecule has 16 heavy (non-hydrogen) atoms. The van der Waals surface area contributed by atoms with Crippen LogP contribution in [0.1, 0.15) is 43.8 Å². The Kier molecular flexibility index (Phi) is 3.17. The number of aryl methyl sites for hydroxylation is 1. The molecular formula is C12H17ClN2O. The summed E-state index contributed by atoms with van der Waals surface area (Å²) in [6, 6.07) is 0. The lowest BCUT2D eigenvalue weighted by atomic mass is 10.0. The SMILES string of the molecule is CCc1nc(C2(C)CCCO2)nc(Cl)c1C. The standard InChI is InChI=1S/C12H17ClN2O/c1-4-9-8(2)10(13)15-11(14-9)12(3)6-5-7-16-12/h4-7H2,1-3H3. The van der Waals surface area contributed by atoms with Gasteiger partial charge in [-0.2, -0.15) is 0 Å². The average Bonchev–Trinajstić information content (AvgIpc) is 2.70. The smallest absolute Gasteiger partial charge is 0.161 e. The molecule has 88 valence electrons. The number of hydrogen-bond donors (Lipinski definition) is 0. The highest BCUT2D eigenvalue weighted by atomic mass is 35.5. The first kappa shape index (κ1) is 11.8. The second kappa shape index (κ2) is 4.30. The fourth-order valence-electron chi connectivity index (χ4n) is 2.07. The molecule has 0 saturated carbocycles. The number of nitrogens with zero attached hydrogens (tertiary/aromatic N) is 2. The molecule has 0 N–H and O–H groups in total. The Balaban J connectivity index is 2.45. The van der Waals surface area contributed by atoms with Crippen molar-refractivity contribution < 1.29 is 4.74 Å². The third kappa shape index (κ3) is 1.94. The highest BCUT2D eigenvalue weighted by molar-refractivity contribution is 6.30. The maximum Gasteiger partial charge on any atom is 0.161 e. The van der Waals surface area contributed by atoms with Crippen molar-refractivity contribution in [1.82, 2.24) is 9.97 Å². The van der Waals surface area contributed by atoms with Crippen LogP contribution in [0.25, 0.3) is 0 Å². The van der Waals surface area contributed by atoms with E-state index in [1.807, 2.05) is 13.8 Å². The van der Waals surface area contributed by atoms with Gasteiger partial charge in [0, 0.05) is 17.9 Å². The summed E-state index contributed by atoms with van der Waals surface area (Å²) in [7, 11) is 0. The monoisotopic (exact) mass is 240 g/mol. The normalized spacial score (nSPS) is 25.0. The topological polar surface area (TPSA) is 35.0 Å². The molecule has 1 saturated heterocycles. The van der Waals surface area contributed by atoms with Gasteiger partial charge < -0.3 is 4.74 Å². The third-order valence-electron chi connectivity index (χ3n) is 3.21. The Bertz CT molecular complexity index is 400. The van der Waals surface area contributed by atoms with Crippen LogP contribution in [0.3, 0.4) is 0 Å². The van der Waals surface area contributed by atoms with E-state index in [0.29, 0.717) is 5.15 Å². The zero-order chi connectivity index (χ0) is 11.8. The van der Waals surface area contributed by atoms with Crippen LogP contribution in [-0.2, 0) is 16.8 Å². The summed E-state index contributed by atoms with van der Waals surface area (Å²) in [6.45, 7) is 6.86. The number of aromatic nitrogens is 2. The van der Waals surface area contributed by atoms with Gasteiger partial charge in [-0.15, -0.1) is 0 Å². The molecule has 1 aromatic heterocycles. The van der Waals surface area contributed by atoms with Crippen molar-refractivity contribution in [2.24, 2.45) is 0 Å². The molecule has 1 unspecified atom stereocenters. The largest absolute Gasteiger partial charge is 0.367 e. The lowest BCUT2D eigenvalue weighted by Gasteiger charge is -2.22. The van der Waals surface area contributed by atoms with Crippen molar-refractivity contribution in [3.8, 4) is 0 Å². The minimum atomic E-state index is -0.346. The van der Waals surface area contributed by atoms with Crippen LogP contribution in [0.15, 0.2) is 0 Å². The molecule has 1 aromatic rings. The van der Waals surface area contributed by atoms with Gasteiger partial charge in [-0.3, -0.25) is 0 Å². The van der Waals surface area contributed by atoms with Crippen molar-refractivity contribution in [1.29, 1.82) is 0 Å². The predicted molar refractivity (Wildman–Crippen MR) is 63.7 cm³/mol. The molecule has 0 bridgehead atoms. The number of halogens is 1. The Labute approximate surface area is 101 Å². The average molecular weight is 241 g/mol. The van der Waals surface area contributed by atoms with E-state index in [1.54, 1.807) is 0 Å². The van der Waals surface area contributed by atoms with E-state index in [2.05, 4.69) is 16.9 Å². The van der Waals surface area contributed by atoms with Crippen LogP contribution < -0.4 is 0 Å². The Morgan fingerprint density at radius 2 is 2.19 bits per heavy atom. The minimum Gasteiger partial charge on any atom is -0.367 e. The van der Waals surface area contributed by atoms with Gasteiger partial charge in [0.05, 0.1) is 0 Å². The van der Waals surface area contributed by atoms with E-state index < -0.39 is 0 Å². The van der Waals surface area contributed by atoms with Crippen molar-refractivity contribution in [2.75, 3.05) is 6.61 Å². The molecular weight excluding hydrogens is 224 g/mol. The maximum absolute atomic E-state index is 6.13.